The molecule has 2 saturated heterocycles. The van der Waals surface area contributed by atoms with E-state index in [1.54, 1.807) is 0 Å². The monoisotopic (exact) mass is 242 g/mol. The van der Waals surface area contributed by atoms with Crippen molar-refractivity contribution in [1.82, 2.24) is 10.2 Å². The van der Waals surface area contributed by atoms with Crippen molar-refractivity contribution in [2.24, 2.45) is 5.92 Å². The van der Waals surface area contributed by atoms with Crippen LogP contribution in [0, 0.1) is 5.92 Å². The maximum absolute atomic E-state index is 3.45. The molecule has 94 valence electrons. The third-order valence-electron chi connectivity index (χ3n) is 3.99. The smallest absolute Gasteiger partial charge is 0.0172 e. The molecule has 1 N–H and O–H groups in total. The third-order valence-corrected chi connectivity index (χ3v) is 5.36. The van der Waals surface area contributed by atoms with Crippen molar-refractivity contribution in [2.45, 2.75) is 37.9 Å². The van der Waals surface area contributed by atoms with Gasteiger partial charge in [0.25, 0.3) is 0 Å². The first-order chi connectivity index (χ1) is 7.88. The van der Waals surface area contributed by atoms with E-state index in [9.17, 15) is 0 Å². The second kappa shape index (κ2) is 6.87. The molecule has 0 aromatic heterocycles. The van der Waals surface area contributed by atoms with Crippen molar-refractivity contribution < 1.29 is 0 Å². The average molecular weight is 242 g/mol. The maximum Gasteiger partial charge on any atom is 0.0172 e. The zero-order valence-corrected chi connectivity index (χ0v) is 11.4. The van der Waals surface area contributed by atoms with E-state index >= 15 is 0 Å². The lowest BCUT2D eigenvalue weighted by molar-refractivity contribution is 0.240. The van der Waals surface area contributed by atoms with Gasteiger partial charge in [0.1, 0.15) is 0 Å². The fourth-order valence-electron chi connectivity index (χ4n) is 2.77. The van der Waals surface area contributed by atoms with Gasteiger partial charge >= 0.3 is 0 Å². The molecule has 0 amide bonds. The second-order valence-corrected chi connectivity index (χ2v) is 6.59. The molecule has 2 fully saturated rings. The van der Waals surface area contributed by atoms with Gasteiger partial charge in [-0.1, -0.05) is 6.92 Å². The van der Waals surface area contributed by atoms with Crippen molar-refractivity contribution in [1.29, 1.82) is 0 Å². The fourth-order valence-corrected chi connectivity index (χ4v) is 4.01. The first kappa shape index (κ1) is 12.7. The van der Waals surface area contributed by atoms with Gasteiger partial charge in [0.15, 0.2) is 0 Å². The van der Waals surface area contributed by atoms with Crippen LogP contribution in [0.5, 0.6) is 0 Å². The lowest BCUT2D eigenvalue weighted by Crippen LogP contribution is -2.39. The number of nitrogens with one attached hydrogen (secondary N) is 1. The fraction of sp³-hybridized carbons (Fsp3) is 1.00. The van der Waals surface area contributed by atoms with Crippen LogP contribution in [0.15, 0.2) is 0 Å². The molecule has 0 bridgehead atoms. The van der Waals surface area contributed by atoms with E-state index in [0.29, 0.717) is 0 Å². The molecular formula is C13H26N2S. The minimum atomic E-state index is 0.904. The highest BCUT2D eigenvalue weighted by Gasteiger charge is 2.20. The molecule has 0 saturated carbocycles. The van der Waals surface area contributed by atoms with Crippen molar-refractivity contribution in [3.63, 3.8) is 0 Å². The lowest BCUT2D eigenvalue weighted by atomic mass is 9.94. The van der Waals surface area contributed by atoms with E-state index in [4.69, 9.17) is 0 Å². The molecule has 2 nitrogen and oxygen atoms in total. The molecule has 1 unspecified atom stereocenters. The van der Waals surface area contributed by atoms with E-state index < -0.39 is 0 Å². The summed E-state index contributed by atoms with van der Waals surface area (Å²) in [5.74, 6) is 2.35. The zero-order valence-electron chi connectivity index (χ0n) is 10.6. The van der Waals surface area contributed by atoms with Crippen LogP contribution < -0.4 is 5.32 Å². The average Bonchev–Trinajstić information content (AvgIpc) is 2.38. The van der Waals surface area contributed by atoms with Crippen molar-refractivity contribution in [3.05, 3.63) is 0 Å². The summed E-state index contributed by atoms with van der Waals surface area (Å²) in [6.07, 6.45) is 5.58. The highest BCUT2D eigenvalue weighted by Crippen LogP contribution is 2.23. The van der Waals surface area contributed by atoms with Gasteiger partial charge in [0, 0.05) is 24.1 Å². The Hall–Kier alpha value is 0.270. The van der Waals surface area contributed by atoms with E-state index in [-0.39, 0.29) is 0 Å². The Morgan fingerprint density at radius 3 is 2.88 bits per heavy atom. The second-order valence-electron chi connectivity index (χ2n) is 5.18. The van der Waals surface area contributed by atoms with Gasteiger partial charge in [0.2, 0.25) is 0 Å². The molecule has 1 atom stereocenters. The molecule has 0 aliphatic carbocycles. The lowest BCUT2D eigenvalue weighted by Gasteiger charge is -2.33. The van der Waals surface area contributed by atoms with Crippen molar-refractivity contribution in [2.75, 3.05) is 38.5 Å². The number of hydrogen-bond acceptors (Lipinski definition) is 3. The van der Waals surface area contributed by atoms with Crippen LogP contribution >= 0.6 is 11.8 Å². The highest BCUT2D eigenvalue weighted by atomic mass is 32.2. The molecule has 0 spiro atoms. The van der Waals surface area contributed by atoms with Crippen LogP contribution in [-0.2, 0) is 0 Å². The Morgan fingerprint density at radius 1 is 1.31 bits per heavy atom. The van der Waals surface area contributed by atoms with Gasteiger partial charge in [-0.15, -0.1) is 0 Å². The molecule has 2 rings (SSSR count). The number of piperidine rings is 1. The standard InChI is InChI=1S/C13H26N2S/c1-2-13-11-15(9-10-16-13)8-5-12-3-6-14-7-4-12/h12-14H,2-11H2,1H3. The van der Waals surface area contributed by atoms with E-state index in [1.165, 1.54) is 64.2 Å². The summed E-state index contributed by atoms with van der Waals surface area (Å²) in [4.78, 5) is 2.70. The number of rotatable bonds is 4. The molecule has 0 radical (unpaired) electrons. The molecule has 2 heterocycles. The number of thioether (sulfide) groups is 1. The zero-order chi connectivity index (χ0) is 11.2. The maximum atomic E-state index is 3.45. The Morgan fingerprint density at radius 2 is 2.12 bits per heavy atom. The normalized spacial score (nSPS) is 29.4. The van der Waals surface area contributed by atoms with Gasteiger partial charge in [-0.05, 0) is 51.2 Å². The van der Waals surface area contributed by atoms with Crippen LogP contribution in [0.2, 0.25) is 0 Å². The van der Waals surface area contributed by atoms with Crippen molar-refractivity contribution in [3.8, 4) is 0 Å². The molecule has 2 aliphatic rings. The minimum Gasteiger partial charge on any atom is -0.317 e. The summed E-state index contributed by atoms with van der Waals surface area (Å²) in [6.45, 7) is 8.84. The van der Waals surface area contributed by atoms with Gasteiger partial charge in [-0.25, -0.2) is 0 Å². The summed E-state index contributed by atoms with van der Waals surface area (Å²) >= 11 is 2.18. The topological polar surface area (TPSA) is 15.3 Å². The molecular weight excluding hydrogens is 216 g/mol. The van der Waals surface area contributed by atoms with Gasteiger partial charge in [-0.2, -0.15) is 11.8 Å². The van der Waals surface area contributed by atoms with E-state index in [1.807, 2.05) is 0 Å². The summed E-state index contributed by atoms with van der Waals surface area (Å²) in [5.41, 5.74) is 0. The van der Waals surface area contributed by atoms with E-state index in [0.717, 1.165) is 11.2 Å². The highest BCUT2D eigenvalue weighted by molar-refractivity contribution is 8.00. The van der Waals surface area contributed by atoms with Crippen molar-refractivity contribution >= 4 is 11.8 Å². The molecule has 3 heteroatoms. The Bertz CT molecular complexity index is 192. The summed E-state index contributed by atoms with van der Waals surface area (Å²) < 4.78 is 0. The SMILES string of the molecule is CCC1CN(CCC2CCNCC2)CCS1. The Balaban J connectivity index is 1.64. The molecule has 0 aromatic rings. The quantitative estimate of drug-likeness (QED) is 0.814. The summed E-state index contributed by atoms with van der Waals surface area (Å²) in [6, 6.07) is 0. The third kappa shape index (κ3) is 3.94. The molecule has 0 aromatic carbocycles. The first-order valence-corrected chi connectivity index (χ1v) is 7.98. The number of nitrogens with zero attached hydrogens (tertiary/aromatic N) is 1. The van der Waals surface area contributed by atoms with Gasteiger partial charge in [-0.3, -0.25) is 0 Å². The van der Waals surface area contributed by atoms with Gasteiger partial charge < -0.3 is 10.2 Å². The predicted molar refractivity (Wildman–Crippen MR) is 73.2 cm³/mol. The minimum absolute atomic E-state index is 0.904. The molecule has 16 heavy (non-hydrogen) atoms. The van der Waals surface area contributed by atoms with Crippen LogP contribution in [0.25, 0.3) is 0 Å². The largest absolute Gasteiger partial charge is 0.317 e. The van der Waals surface area contributed by atoms with Crippen LogP contribution in [0.3, 0.4) is 0 Å². The summed E-state index contributed by atoms with van der Waals surface area (Å²) in [7, 11) is 0. The Labute approximate surface area is 105 Å². The molecule has 2 aliphatic heterocycles. The van der Waals surface area contributed by atoms with Crippen LogP contribution in [0.1, 0.15) is 32.6 Å². The Kier molecular flexibility index (Phi) is 5.46. The van der Waals surface area contributed by atoms with Gasteiger partial charge in [0.05, 0.1) is 0 Å². The van der Waals surface area contributed by atoms with E-state index in [2.05, 4.69) is 28.9 Å². The number of hydrogen-bond donors (Lipinski definition) is 1. The summed E-state index contributed by atoms with van der Waals surface area (Å²) in [5, 5.41) is 4.36. The predicted octanol–water partition coefficient (Wildman–Crippen LogP) is 2.20. The first-order valence-electron chi connectivity index (χ1n) is 6.93. The van der Waals surface area contributed by atoms with Crippen LogP contribution in [-0.4, -0.2) is 48.6 Å². The van der Waals surface area contributed by atoms with Crippen LogP contribution in [0.4, 0.5) is 0 Å².